The lowest BCUT2D eigenvalue weighted by molar-refractivity contribution is -0.0506. The van der Waals surface area contributed by atoms with Crippen LogP contribution in [0.3, 0.4) is 0 Å². The normalized spacial score (nSPS) is 10.5. The third-order valence-electron chi connectivity index (χ3n) is 1.27. The molecule has 1 aromatic rings. The molecule has 0 aliphatic rings. The molecule has 0 amide bonds. The van der Waals surface area contributed by atoms with E-state index in [1.165, 1.54) is 0 Å². The van der Waals surface area contributed by atoms with Crippen LogP contribution in [0.2, 0.25) is 0 Å². The maximum Gasteiger partial charge on any atom is 0.387 e. The number of rotatable bonds is 3. The van der Waals surface area contributed by atoms with E-state index in [1.54, 1.807) is 0 Å². The van der Waals surface area contributed by atoms with Gasteiger partial charge in [0.15, 0.2) is 0 Å². The first-order valence-electron chi connectivity index (χ1n) is 3.28. The largest absolute Gasteiger partial charge is 0.433 e. The van der Waals surface area contributed by atoms with E-state index in [1.807, 2.05) is 0 Å². The van der Waals surface area contributed by atoms with Crippen molar-refractivity contribution in [3.63, 3.8) is 0 Å². The maximum absolute atomic E-state index is 12.5. The molecule has 0 atom stereocenters. The summed E-state index contributed by atoms with van der Waals surface area (Å²) < 4.78 is 40.2. The van der Waals surface area contributed by atoms with Crippen LogP contribution in [0, 0.1) is 5.95 Å². The second-order valence-corrected chi connectivity index (χ2v) is 2.69. The van der Waals surface area contributed by atoms with Crippen molar-refractivity contribution in [2.75, 3.05) is 0 Å². The van der Waals surface area contributed by atoms with Gasteiger partial charge >= 0.3 is 6.61 Å². The zero-order chi connectivity index (χ0) is 9.84. The molecule has 0 radical (unpaired) electrons. The number of nitrogens with zero attached hydrogens (tertiary/aromatic N) is 1. The zero-order valence-corrected chi connectivity index (χ0v) is 7.89. The van der Waals surface area contributed by atoms with Crippen molar-refractivity contribution in [1.29, 1.82) is 0 Å². The predicted molar refractivity (Wildman–Crippen MR) is 43.5 cm³/mol. The van der Waals surface area contributed by atoms with Gasteiger partial charge in [-0.3, -0.25) is 0 Å². The van der Waals surface area contributed by atoms with Crippen molar-refractivity contribution in [1.82, 2.24) is 4.98 Å². The first kappa shape index (κ1) is 10.3. The van der Waals surface area contributed by atoms with Crippen LogP contribution in [0.15, 0.2) is 12.3 Å². The molecule has 0 N–H and O–H groups in total. The van der Waals surface area contributed by atoms with Crippen LogP contribution in [-0.2, 0) is 5.33 Å². The quantitative estimate of drug-likeness (QED) is 0.612. The summed E-state index contributed by atoms with van der Waals surface area (Å²) in [5.41, 5.74) is 0.299. The van der Waals surface area contributed by atoms with Crippen molar-refractivity contribution in [3.05, 3.63) is 23.8 Å². The van der Waals surface area contributed by atoms with E-state index in [4.69, 9.17) is 0 Å². The van der Waals surface area contributed by atoms with Crippen LogP contribution in [0.4, 0.5) is 13.2 Å². The average Bonchev–Trinajstić information content (AvgIpc) is 2.07. The number of hydrogen-bond donors (Lipinski definition) is 0. The Balaban J connectivity index is 2.92. The second-order valence-electron chi connectivity index (χ2n) is 2.13. The first-order chi connectivity index (χ1) is 6.13. The maximum atomic E-state index is 12.5. The highest BCUT2D eigenvalue weighted by Crippen LogP contribution is 2.22. The monoisotopic (exact) mass is 255 g/mol. The summed E-state index contributed by atoms with van der Waals surface area (Å²) in [6, 6.07) is 1.03. The molecule has 1 rings (SSSR count). The van der Waals surface area contributed by atoms with Crippen LogP contribution in [0.5, 0.6) is 5.75 Å². The molecule has 72 valence electrons. The number of aromatic nitrogens is 1. The lowest BCUT2D eigenvalue weighted by atomic mass is 10.3. The number of ether oxygens (including phenoxy) is 1. The average molecular weight is 256 g/mol. The van der Waals surface area contributed by atoms with E-state index < -0.39 is 12.6 Å². The molecule has 2 nitrogen and oxygen atoms in total. The third kappa shape index (κ3) is 2.87. The molecular formula is C7H5BrF3NO. The van der Waals surface area contributed by atoms with E-state index in [0.29, 0.717) is 5.56 Å². The highest BCUT2D eigenvalue weighted by atomic mass is 79.9. The number of halogens is 4. The van der Waals surface area contributed by atoms with Gasteiger partial charge in [-0.2, -0.15) is 13.2 Å². The fourth-order valence-corrected chi connectivity index (χ4v) is 1.20. The SMILES string of the molecule is Fc1cc(CBr)c(OC(F)F)cn1. The number of hydrogen-bond acceptors (Lipinski definition) is 2. The summed E-state index contributed by atoms with van der Waals surface area (Å²) in [5, 5.41) is 0.231. The van der Waals surface area contributed by atoms with Gasteiger partial charge < -0.3 is 4.74 Å². The predicted octanol–water partition coefficient (Wildman–Crippen LogP) is 2.72. The Labute approximate surface area is 80.9 Å². The van der Waals surface area contributed by atoms with Crippen LogP contribution >= 0.6 is 15.9 Å². The van der Waals surface area contributed by atoms with Crippen LogP contribution in [0.1, 0.15) is 5.56 Å². The first-order valence-corrected chi connectivity index (χ1v) is 4.41. The van der Waals surface area contributed by atoms with Gasteiger partial charge in [-0.1, -0.05) is 15.9 Å². The summed E-state index contributed by atoms with van der Waals surface area (Å²) in [5.74, 6) is -0.843. The highest BCUT2D eigenvalue weighted by Gasteiger charge is 2.10. The summed E-state index contributed by atoms with van der Waals surface area (Å²) in [6.45, 7) is -2.93. The van der Waals surface area contributed by atoms with Gasteiger partial charge in [0, 0.05) is 17.0 Å². The summed E-state index contributed by atoms with van der Waals surface area (Å²) >= 11 is 3.01. The molecule has 6 heteroatoms. The fraction of sp³-hybridized carbons (Fsp3) is 0.286. The second kappa shape index (κ2) is 4.45. The molecule has 0 fully saturated rings. The lowest BCUT2D eigenvalue weighted by Crippen LogP contribution is -2.04. The molecule has 0 aromatic carbocycles. The molecule has 0 unspecified atom stereocenters. The topological polar surface area (TPSA) is 22.1 Å². The van der Waals surface area contributed by atoms with Crippen molar-refractivity contribution in [3.8, 4) is 5.75 Å². The summed E-state index contributed by atoms with van der Waals surface area (Å²) in [4.78, 5) is 3.19. The van der Waals surface area contributed by atoms with Crippen LogP contribution in [-0.4, -0.2) is 11.6 Å². The standard InChI is InChI=1S/C7H5BrF3NO/c8-2-4-1-6(9)12-3-5(4)13-7(10)11/h1,3,7H,2H2. The van der Waals surface area contributed by atoms with Crippen LogP contribution < -0.4 is 4.74 Å². The van der Waals surface area contributed by atoms with Crippen molar-refractivity contribution in [2.24, 2.45) is 0 Å². The molecule has 0 aliphatic carbocycles. The Morgan fingerprint density at radius 3 is 2.77 bits per heavy atom. The Morgan fingerprint density at radius 1 is 1.54 bits per heavy atom. The van der Waals surface area contributed by atoms with Crippen LogP contribution in [0.25, 0.3) is 0 Å². The van der Waals surface area contributed by atoms with E-state index >= 15 is 0 Å². The van der Waals surface area contributed by atoms with Gasteiger partial charge in [0.1, 0.15) is 5.75 Å². The molecule has 13 heavy (non-hydrogen) atoms. The smallest absolute Gasteiger partial charge is 0.387 e. The van der Waals surface area contributed by atoms with Gasteiger partial charge in [0.05, 0.1) is 6.20 Å². The molecule has 0 spiro atoms. The number of alkyl halides is 3. The Morgan fingerprint density at radius 2 is 2.23 bits per heavy atom. The van der Waals surface area contributed by atoms with E-state index in [0.717, 1.165) is 12.3 Å². The minimum absolute atomic E-state index is 0.117. The zero-order valence-electron chi connectivity index (χ0n) is 6.31. The van der Waals surface area contributed by atoms with Gasteiger partial charge in [-0.05, 0) is 0 Å². The fourth-order valence-electron chi connectivity index (χ4n) is 0.762. The van der Waals surface area contributed by atoms with E-state index in [2.05, 4.69) is 25.7 Å². The molecule has 0 saturated carbocycles. The number of pyridine rings is 1. The lowest BCUT2D eigenvalue weighted by Gasteiger charge is -2.07. The molecule has 1 heterocycles. The summed E-state index contributed by atoms with van der Waals surface area (Å²) in [7, 11) is 0. The molecule has 0 bridgehead atoms. The molecule has 0 aliphatic heterocycles. The third-order valence-corrected chi connectivity index (χ3v) is 1.88. The van der Waals surface area contributed by atoms with E-state index in [9.17, 15) is 13.2 Å². The van der Waals surface area contributed by atoms with Crippen molar-refractivity contribution < 1.29 is 17.9 Å². The Hall–Kier alpha value is -0.780. The molecule has 0 saturated heterocycles. The Bertz CT molecular complexity index is 295. The van der Waals surface area contributed by atoms with Gasteiger partial charge in [-0.15, -0.1) is 0 Å². The van der Waals surface area contributed by atoms with E-state index in [-0.39, 0.29) is 11.1 Å². The van der Waals surface area contributed by atoms with Gasteiger partial charge in [-0.25, -0.2) is 4.98 Å². The van der Waals surface area contributed by atoms with Gasteiger partial charge in [0.2, 0.25) is 5.95 Å². The highest BCUT2D eigenvalue weighted by molar-refractivity contribution is 9.08. The van der Waals surface area contributed by atoms with Crippen molar-refractivity contribution in [2.45, 2.75) is 11.9 Å². The minimum Gasteiger partial charge on any atom is -0.433 e. The molecule has 1 aromatic heterocycles. The summed E-state index contributed by atoms with van der Waals surface area (Å²) in [6.07, 6.45) is 0.929. The minimum atomic E-state index is -2.93. The van der Waals surface area contributed by atoms with Gasteiger partial charge in [0.25, 0.3) is 0 Å². The van der Waals surface area contributed by atoms with Crippen molar-refractivity contribution >= 4 is 15.9 Å². The Kier molecular flexibility index (Phi) is 3.53. The molecular weight excluding hydrogens is 251 g/mol.